The molecule has 0 aliphatic carbocycles. The number of alkyl halides is 6. The minimum atomic E-state index is -5.03. The average molecular weight is 302 g/mol. The van der Waals surface area contributed by atoms with Crippen LogP contribution in [0.5, 0.6) is 5.75 Å². The lowest BCUT2D eigenvalue weighted by molar-refractivity contribution is -0.142. The molecule has 0 atom stereocenters. The summed E-state index contributed by atoms with van der Waals surface area (Å²) >= 11 is 0. The van der Waals surface area contributed by atoms with Gasteiger partial charge < -0.3 is 9.47 Å². The smallest absolute Gasteiger partial charge is 0.419 e. The normalized spacial score (nSPS) is 12.2. The molecule has 0 saturated carbocycles. The molecule has 0 spiro atoms. The third-order valence-electron chi connectivity index (χ3n) is 2.36. The van der Waals surface area contributed by atoms with Crippen molar-refractivity contribution < 1.29 is 40.6 Å². The minimum Gasteiger partial charge on any atom is -0.496 e. The van der Waals surface area contributed by atoms with E-state index in [4.69, 9.17) is 0 Å². The summed E-state index contributed by atoms with van der Waals surface area (Å²) in [4.78, 5) is 11.2. The number of carbonyl (C=O) groups is 1. The van der Waals surface area contributed by atoms with Crippen molar-refractivity contribution in [3.8, 4) is 5.75 Å². The maximum absolute atomic E-state index is 12.7. The molecule has 0 N–H and O–H groups in total. The lowest BCUT2D eigenvalue weighted by atomic mass is 10.0. The second-order valence-corrected chi connectivity index (χ2v) is 3.59. The predicted molar refractivity (Wildman–Crippen MR) is 54.3 cm³/mol. The van der Waals surface area contributed by atoms with Crippen molar-refractivity contribution in [1.29, 1.82) is 0 Å². The van der Waals surface area contributed by atoms with E-state index in [2.05, 4.69) is 9.47 Å². The fourth-order valence-electron chi connectivity index (χ4n) is 1.48. The van der Waals surface area contributed by atoms with Gasteiger partial charge in [0.2, 0.25) is 0 Å². The number of hydrogen-bond donors (Lipinski definition) is 0. The first kappa shape index (κ1) is 16.1. The Morgan fingerprint density at radius 1 is 0.950 bits per heavy atom. The van der Waals surface area contributed by atoms with Crippen molar-refractivity contribution >= 4 is 5.97 Å². The topological polar surface area (TPSA) is 35.5 Å². The van der Waals surface area contributed by atoms with Crippen LogP contribution in [0.4, 0.5) is 26.3 Å². The fourth-order valence-corrected chi connectivity index (χ4v) is 1.48. The Labute approximate surface area is 109 Å². The Morgan fingerprint density at radius 3 is 1.80 bits per heavy atom. The number of carbonyl (C=O) groups excluding carboxylic acids is 1. The van der Waals surface area contributed by atoms with Crippen LogP contribution in [0.3, 0.4) is 0 Å². The molecule has 0 heterocycles. The van der Waals surface area contributed by atoms with Gasteiger partial charge in [-0.3, -0.25) is 0 Å². The van der Waals surface area contributed by atoms with E-state index >= 15 is 0 Å². The van der Waals surface area contributed by atoms with Gasteiger partial charge in [0, 0.05) is 0 Å². The Balaban J connectivity index is 3.67. The quantitative estimate of drug-likeness (QED) is 0.619. The largest absolute Gasteiger partial charge is 0.496 e. The van der Waals surface area contributed by atoms with E-state index < -0.39 is 40.8 Å². The van der Waals surface area contributed by atoms with E-state index in [0.717, 1.165) is 14.2 Å². The van der Waals surface area contributed by atoms with Crippen molar-refractivity contribution in [1.82, 2.24) is 0 Å². The van der Waals surface area contributed by atoms with Gasteiger partial charge in [-0.05, 0) is 12.1 Å². The molecule has 0 unspecified atom stereocenters. The highest BCUT2D eigenvalue weighted by Gasteiger charge is 2.41. The first-order valence-corrected chi connectivity index (χ1v) is 4.97. The number of benzene rings is 1. The molecule has 0 aliphatic rings. The van der Waals surface area contributed by atoms with Crippen LogP contribution in [0.1, 0.15) is 21.5 Å². The van der Waals surface area contributed by atoms with Gasteiger partial charge in [-0.25, -0.2) is 4.79 Å². The SMILES string of the molecule is COC(=O)c1cc(C(F)(F)F)c(OC)cc1C(F)(F)F. The Bertz CT molecular complexity index is 518. The zero-order chi connectivity index (χ0) is 15.7. The second kappa shape index (κ2) is 5.22. The lowest BCUT2D eigenvalue weighted by Gasteiger charge is -2.17. The minimum absolute atomic E-state index is 0.0630. The summed E-state index contributed by atoms with van der Waals surface area (Å²) < 4.78 is 84.7. The van der Waals surface area contributed by atoms with Crippen LogP contribution in [0.15, 0.2) is 12.1 Å². The van der Waals surface area contributed by atoms with Gasteiger partial charge in [-0.15, -0.1) is 0 Å². The molecule has 1 aromatic carbocycles. The highest BCUT2D eigenvalue weighted by Crippen LogP contribution is 2.42. The van der Waals surface area contributed by atoms with Gasteiger partial charge in [0.05, 0.1) is 30.9 Å². The fraction of sp³-hybridized carbons (Fsp3) is 0.364. The molecular weight excluding hydrogens is 294 g/mol. The van der Waals surface area contributed by atoms with Crippen LogP contribution < -0.4 is 4.74 Å². The zero-order valence-corrected chi connectivity index (χ0v) is 10.1. The van der Waals surface area contributed by atoms with E-state index in [1.165, 1.54) is 0 Å². The highest BCUT2D eigenvalue weighted by molar-refractivity contribution is 5.92. The molecule has 0 aromatic heterocycles. The van der Waals surface area contributed by atoms with E-state index in [0.29, 0.717) is 0 Å². The summed E-state index contributed by atoms with van der Waals surface area (Å²) in [5, 5.41) is 0. The van der Waals surface area contributed by atoms with Crippen LogP contribution in [-0.2, 0) is 17.1 Å². The van der Waals surface area contributed by atoms with E-state index in [1.807, 2.05) is 0 Å². The highest BCUT2D eigenvalue weighted by atomic mass is 19.4. The molecule has 0 radical (unpaired) electrons. The number of esters is 1. The molecule has 1 rings (SSSR count). The summed E-state index contributed by atoms with van der Waals surface area (Å²) in [6.07, 6.45) is -10.0. The maximum Gasteiger partial charge on any atom is 0.419 e. The molecule has 112 valence electrons. The summed E-state index contributed by atoms with van der Waals surface area (Å²) in [7, 11) is 1.56. The van der Waals surface area contributed by atoms with Gasteiger partial charge in [0.25, 0.3) is 0 Å². The third kappa shape index (κ3) is 3.14. The Morgan fingerprint density at radius 2 is 1.45 bits per heavy atom. The summed E-state index contributed by atoms with van der Waals surface area (Å²) in [6, 6.07) is 0.183. The van der Waals surface area contributed by atoms with E-state index in [-0.39, 0.29) is 12.1 Å². The van der Waals surface area contributed by atoms with Crippen LogP contribution in [0.2, 0.25) is 0 Å². The van der Waals surface area contributed by atoms with E-state index in [9.17, 15) is 31.1 Å². The predicted octanol–water partition coefficient (Wildman–Crippen LogP) is 3.52. The van der Waals surface area contributed by atoms with Crippen molar-refractivity contribution in [2.45, 2.75) is 12.4 Å². The third-order valence-corrected chi connectivity index (χ3v) is 2.36. The summed E-state index contributed by atoms with van der Waals surface area (Å²) in [5.74, 6) is -2.55. The molecule has 20 heavy (non-hydrogen) atoms. The Kier molecular flexibility index (Phi) is 4.21. The summed E-state index contributed by atoms with van der Waals surface area (Å²) in [6.45, 7) is 0. The van der Waals surface area contributed by atoms with Crippen LogP contribution in [-0.4, -0.2) is 20.2 Å². The number of rotatable bonds is 2. The van der Waals surface area contributed by atoms with E-state index in [1.54, 1.807) is 0 Å². The lowest BCUT2D eigenvalue weighted by Crippen LogP contribution is -2.18. The maximum atomic E-state index is 12.7. The molecule has 0 saturated heterocycles. The van der Waals surface area contributed by atoms with Gasteiger partial charge in [-0.2, -0.15) is 26.3 Å². The molecular formula is C11H8F6O3. The summed E-state index contributed by atoms with van der Waals surface area (Å²) in [5.41, 5.74) is -4.28. The van der Waals surface area contributed by atoms with Crippen LogP contribution in [0, 0.1) is 0 Å². The molecule has 9 heteroatoms. The molecule has 1 aromatic rings. The van der Waals surface area contributed by atoms with Gasteiger partial charge in [0.15, 0.2) is 0 Å². The number of methoxy groups -OCH3 is 2. The first-order valence-electron chi connectivity index (χ1n) is 4.97. The van der Waals surface area contributed by atoms with Gasteiger partial charge >= 0.3 is 18.3 Å². The number of ether oxygens (including phenoxy) is 2. The molecule has 0 bridgehead atoms. The monoisotopic (exact) mass is 302 g/mol. The van der Waals surface area contributed by atoms with Gasteiger partial charge in [0.1, 0.15) is 5.75 Å². The average Bonchev–Trinajstić information content (AvgIpc) is 2.34. The second-order valence-electron chi connectivity index (χ2n) is 3.59. The van der Waals surface area contributed by atoms with Crippen molar-refractivity contribution in [2.75, 3.05) is 14.2 Å². The van der Waals surface area contributed by atoms with Crippen molar-refractivity contribution in [3.05, 3.63) is 28.8 Å². The van der Waals surface area contributed by atoms with Crippen molar-refractivity contribution in [2.24, 2.45) is 0 Å². The standard InChI is InChI=1S/C11H8F6O3/c1-19-8-4-6(10(12,13)14)5(9(18)20-2)3-7(8)11(15,16)17/h3-4H,1-2H3. The first-order chi connectivity index (χ1) is 9.02. The Hall–Kier alpha value is -1.93. The molecule has 3 nitrogen and oxygen atoms in total. The molecule has 0 aliphatic heterocycles. The number of halogens is 6. The molecule has 0 fully saturated rings. The van der Waals surface area contributed by atoms with Crippen LogP contribution >= 0.6 is 0 Å². The van der Waals surface area contributed by atoms with Crippen molar-refractivity contribution in [3.63, 3.8) is 0 Å². The molecule has 0 amide bonds. The zero-order valence-electron chi connectivity index (χ0n) is 10.1. The van der Waals surface area contributed by atoms with Crippen LogP contribution in [0.25, 0.3) is 0 Å². The van der Waals surface area contributed by atoms with Gasteiger partial charge in [-0.1, -0.05) is 0 Å². The number of hydrogen-bond acceptors (Lipinski definition) is 3.